The van der Waals surface area contributed by atoms with Gasteiger partial charge >= 0.3 is 5.97 Å². The second-order valence-corrected chi connectivity index (χ2v) is 19.2. The second-order valence-electron chi connectivity index (χ2n) is 19.2. The molecule has 0 fully saturated rings. The molecule has 0 saturated heterocycles. The van der Waals surface area contributed by atoms with Gasteiger partial charge in [0.2, 0.25) is 0 Å². The number of carbonyl (C=O) groups is 1. The van der Waals surface area contributed by atoms with Crippen LogP contribution in [0.3, 0.4) is 0 Å². The maximum Gasteiger partial charge on any atom is 0.305 e. The lowest BCUT2D eigenvalue weighted by atomic mass is 9.99. The summed E-state index contributed by atoms with van der Waals surface area (Å²) in [6.07, 6.45) is 70.9. The van der Waals surface area contributed by atoms with Gasteiger partial charge in [-0.2, -0.15) is 0 Å². The fourth-order valence-corrected chi connectivity index (χ4v) is 8.70. The van der Waals surface area contributed by atoms with Gasteiger partial charge in [-0.1, -0.05) is 296 Å². The van der Waals surface area contributed by atoms with Crippen LogP contribution in [0.5, 0.6) is 0 Å². The first-order chi connectivity index (χ1) is 28.7. The van der Waals surface area contributed by atoms with Crippen LogP contribution in [0.25, 0.3) is 0 Å². The van der Waals surface area contributed by atoms with E-state index in [0.29, 0.717) is 13.0 Å². The Hall–Kier alpha value is -0.790. The summed E-state index contributed by atoms with van der Waals surface area (Å²) in [5.41, 5.74) is 0. The van der Waals surface area contributed by atoms with Crippen LogP contribution in [0.15, 0.2) is 12.2 Å². The summed E-state index contributed by atoms with van der Waals surface area (Å²) in [7, 11) is 0. The van der Waals surface area contributed by atoms with Gasteiger partial charge in [-0.3, -0.25) is 4.79 Å². The first-order valence-corrected chi connectivity index (χ1v) is 27.5. The van der Waals surface area contributed by atoms with Crippen molar-refractivity contribution in [2.24, 2.45) is 5.92 Å². The fourth-order valence-electron chi connectivity index (χ4n) is 8.70. The number of allylic oxidation sites excluding steroid dienone is 2. The Morgan fingerprint density at radius 3 is 0.966 bits per heavy atom. The Balaban J connectivity index is 3.14. The number of hydrogen-bond acceptors (Lipinski definition) is 2. The normalized spacial score (nSPS) is 12.3. The van der Waals surface area contributed by atoms with Crippen LogP contribution in [-0.2, 0) is 9.53 Å². The standard InChI is InChI=1S/C56H110O2/c1-4-6-7-8-9-10-11-34-38-41-44-47-50-53-56(57)58-54-51-48-45-42-39-36-33-31-29-27-25-23-21-19-17-15-13-12-14-16-18-20-22-24-26-28-30-32-35-37-40-43-46-49-52-55(3)5-2/h10-11,55H,4-9,12-54H2,1-3H3/b11-10-. The van der Waals surface area contributed by atoms with Crippen molar-refractivity contribution in [3.8, 4) is 0 Å². The van der Waals surface area contributed by atoms with Crippen LogP contribution in [0, 0.1) is 5.92 Å². The zero-order chi connectivity index (χ0) is 41.9. The molecule has 0 aromatic carbocycles. The monoisotopic (exact) mass is 815 g/mol. The molecule has 0 radical (unpaired) electrons. The molecular weight excluding hydrogens is 705 g/mol. The van der Waals surface area contributed by atoms with Gasteiger partial charge in [-0.25, -0.2) is 0 Å². The van der Waals surface area contributed by atoms with Crippen molar-refractivity contribution in [1.82, 2.24) is 0 Å². The van der Waals surface area contributed by atoms with Crippen LogP contribution in [0.2, 0.25) is 0 Å². The van der Waals surface area contributed by atoms with Crippen LogP contribution in [0.4, 0.5) is 0 Å². The highest BCUT2D eigenvalue weighted by atomic mass is 16.5. The predicted molar refractivity (Wildman–Crippen MR) is 262 cm³/mol. The van der Waals surface area contributed by atoms with E-state index in [-0.39, 0.29) is 5.97 Å². The maximum absolute atomic E-state index is 12.0. The minimum absolute atomic E-state index is 0.0207. The predicted octanol–water partition coefficient (Wildman–Crippen LogP) is 20.5. The first-order valence-electron chi connectivity index (χ1n) is 27.5. The van der Waals surface area contributed by atoms with Gasteiger partial charge in [0.1, 0.15) is 0 Å². The summed E-state index contributed by atoms with van der Waals surface area (Å²) in [4.78, 5) is 12.0. The van der Waals surface area contributed by atoms with E-state index < -0.39 is 0 Å². The van der Waals surface area contributed by atoms with Crippen molar-refractivity contribution in [3.63, 3.8) is 0 Å². The van der Waals surface area contributed by atoms with Crippen LogP contribution in [-0.4, -0.2) is 12.6 Å². The first kappa shape index (κ1) is 57.2. The third-order valence-corrected chi connectivity index (χ3v) is 13.2. The summed E-state index contributed by atoms with van der Waals surface area (Å²) >= 11 is 0. The summed E-state index contributed by atoms with van der Waals surface area (Å²) in [6.45, 7) is 7.63. The van der Waals surface area contributed by atoms with E-state index in [4.69, 9.17) is 4.74 Å². The van der Waals surface area contributed by atoms with Crippen molar-refractivity contribution in [1.29, 1.82) is 0 Å². The molecule has 0 aromatic heterocycles. The van der Waals surface area contributed by atoms with Gasteiger partial charge in [-0.15, -0.1) is 0 Å². The largest absolute Gasteiger partial charge is 0.466 e. The molecule has 0 aromatic rings. The Morgan fingerprint density at radius 2 is 0.638 bits per heavy atom. The van der Waals surface area contributed by atoms with Crippen LogP contribution >= 0.6 is 0 Å². The molecule has 0 aliphatic rings. The maximum atomic E-state index is 12.0. The van der Waals surface area contributed by atoms with Crippen molar-refractivity contribution < 1.29 is 9.53 Å². The summed E-state index contributed by atoms with van der Waals surface area (Å²) in [5, 5.41) is 0. The fraction of sp³-hybridized carbons (Fsp3) is 0.946. The Morgan fingerprint density at radius 1 is 0.362 bits per heavy atom. The summed E-state index contributed by atoms with van der Waals surface area (Å²) < 4.78 is 5.48. The third kappa shape index (κ3) is 51.4. The number of esters is 1. The van der Waals surface area contributed by atoms with E-state index in [2.05, 4.69) is 32.9 Å². The van der Waals surface area contributed by atoms with Gasteiger partial charge < -0.3 is 4.74 Å². The number of unbranched alkanes of at least 4 members (excludes halogenated alkanes) is 42. The van der Waals surface area contributed by atoms with Crippen molar-refractivity contribution in [2.75, 3.05) is 6.61 Å². The molecule has 1 unspecified atom stereocenters. The van der Waals surface area contributed by atoms with Crippen molar-refractivity contribution in [2.45, 2.75) is 329 Å². The van der Waals surface area contributed by atoms with Gasteiger partial charge in [0.15, 0.2) is 0 Å². The molecule has 0 amide bonds. The average molecular weight is 815 g/mol. The van der Waals surface area contributed by atoms with Gasteiger partial charge in [-0.05, 0) is 44.4 Å². The SMILES string of the molecule is CCCCCC/C=C\CCCCCCCC(=O)OCCCCCCCCCCCCCCCCCCCCCCCCCCCCCCCCCCCCC(C)CC. The van der Waals surface area contributed by atoms with Gasteiger partial charge in [0.05, 0.1) is 6.61 Å². The average Bonchev–Trinajstić information content (AvgIpc) is 3.23. The number of hydrogen-bond donors (Lipinski definition) is 0. The topological polar surface area (TPSA) is 26.3 Å². The minimum Gasteiger partial charge on any atom is -0.466 e. The van der Waals surface area contributed by atoms with E-state index in [0.717, 1.165) is 25.2 Å². The molecule has 0 rings (SSSR count). The molecule has 0 N–H and O–H groups in total. The molecule has 0 aliphatic carbocycles. The summed E-state index contributed by atoms with van der Waals surface area (Å²) in [6, 6.07) is 0. The van der Waals surface area contributed by atoms with E-state index >= 15 is 0 Å². The highest BCUT2D eigenvalue weighted by molar-refractivity contribution is 5.69. The van der Waals surface area contributed by atoms with Crippen LogP contribution in [0.1, 0.15) is 329 Å². The third-order valence-electron chi connectivity index (χ3n) is 13.2. The van der Waals surface area contributed by atoms with Crippen molar-refractivity contribution in [3.05, 3.63) is 12.2 Å². The summed E-state index contributed by atoms with van der Waals surface area (Å²) in [5.74, 6) is 0.962. The van der Waals surface area contributed by atoms with Gasteiger partial charge in [0.25, 0.3) is 0 Å². The minimum atomic E-state index is 0.0207. The second kappa shape index (κ2) is 52.3. The number of carbonyl (C=O) groups excluding carboxylic acids is 1. The molecule has 2 nitrogen and oxygen atoms in total. The molecule has 0 saturated carbocycles. The molecule has 1 atom stereocenters. The molecule has 2 heteroatoms. The molecule has 0 bridgehead atoms. The number of rotatable bonds is 51. The van der Waals surface area contributed by atoms with E-state index in [1.807, 2.05) is 0 Å². The molecule has 58 heavy (non-hydrogen) atoms. The Kier molecular flexibility index (Phi) is 51.6. The van der Waals surface area contributed by atoms with E-state index in [1.54, 1.807) is 0 Å². The van der Waals surface area contributed by atoms with E-state index in [1.165, 1.54) is 283 Å². The molecule has 346 valence electrons. The lowest BCUT2D eigenvalue weighted by molar-refractivity contribution is -0.143. The Bertz CT molecular complexity index is 773. The molecule has 0 heterocycles. The lowest BCUT2D eigenvalue weighted by Gasteiger charge is -2.07. The zero-order valence-electron chi connectivity index (χ0n) is 40.7. The van der Waals surface area contributed by atoms with Crippen LogP contribution < -0.4 is 0 Å². The quantitative estimate of drug-likeness (QED) is 0.0347. The Labute approximate surface area is 367 Å². The van der Waals surface area contributed by atoms with Gasteiger partial charge in [0, 0.05) is 6.42 Å². The molecule has 0 aliphatic heterocycles. The number of ether oxygens (including phenoxy) is 1. The molecular formula is C56H110O2. The van der Waals surface area contributed by atoms with Crippen molar-refractivity contribution >= 4 is 5.97 Å². The highest BCUT2D eigenvalue weighted by Crippen LogP contribution is 2.18. The van der Waals surface area contributed by atoms with E-state index in [9.17, 15) is 4.79 Å². The lowest BCUT2D eigenvalue weighted by Crippen LogP contribution is -2.05. The smallest absolute Gasteiger partial charge is 0.305 e. The zero-order valence-corrected chi connectivity index (χ0v) is 40.7. The molecule has 0 spiro atoms. The highest BCUT2D eigenvalue weighted by Gasteiger charge is 2.03.